The zero-order valence-electron chi connectivity index (χ0n) is 6.26. The lowest BCUT2D eigenvalue weighted by Gasteiger charge is -1.79. The lowest BCUT2D eigenvalue weighted by molar-refractivity contribution is 0.928. The first kappa shape index (κ1) is 8.24. The molecule has 0 atom stereocenters. The van der Waals surface area contributed by atoms with Gasteiger partial charge in [-0.05, 0) is 26.2 Å². The Morgan fingerprint density at radius 3 is 1.56 bits per heavy atom. The van der Waals surface area contributed by atoms with E-state index in [2.05, 4.69) is 5.32 Å². The molecule has 1 N–H and O–H groups in total. The number of nitrogens with one attached hydrogen (secondary N) is 1. The highest BCUT2D eigenvalue weighted by Gasteiger charge is 1.68. The zero-order valence-corrected chi connectivity index (χ0v) is 6.26. The van der Waals surface area contributed by atoms with Gasteiger partial charge in [-0.15, -0.1) is 0 Å². The zero-order chi connectivity index (χ0) is 7.11. The summed E-state index contributed by atoms with van der Waals surface area (Å²) in [6, 6.07) is 4.00. The number of hydrogen-bond acceptors (Lipinski definition) is 1. The van der Waals surface area contributed by atoms with E-state index in [9.17, 15) is 0 Å². The Morgan fingerprint density at radius 2 is 1.44 bits per heavy atom. The monoisotopic (exact) mass is 126 g/mol. The SMILES string of the molecule is CNC.Cn1cccc1. The molecule has 0 fully saturated rings. The average Bonchev–Trinajstić information content (AvgIpc) is 2.20. The maximum atomic E-state index is 2.75. The molecule has 0 amide bonds. The fourth-order valence-electron chi connectivity index (χ4n) is 0.421. The molecule has 0 aliphatic rings. The van der Waals surface area contributed by atoms with Gasteiger partial charge >= 0.3 is 0 Å². The molecule has 1 aromatic rings. The molecule has 52 valence electrons. The van der Waals surface area contributed by atoms with Gasteiger partial charge in [0.05, 0.1) is 0 Å². The quantitative estimate of drug-likeness (QED) is 0.545. The highest BCUT2D eigenvalue weighted by Crippen LogP contribution is 1.80. The van der Waals surface area contributed by atoms with Crippen LogP contribution in [0.25, 0.3) is 0 Å². The smallest absolute Gasteiger partial charge is 0.0106 e. The molecule has 0 unspecified atom stereocenters. The van der Waals surface area contributed by atoms with Crippen molar-refractivity contribution in [1.29, 1.82) is 0 Å². The molecule has 2 nitrogen and oxygen atoms in total. The van der Waals surface area contributed by atoms with E-state index < -0.39 is 0 Å². The molecular formula is C7H14N2. The molecule has 0 bridgehead atoms. The summed E-state index contributed by atoms with van der Waals surface area (Å²) in [6.07, 6.45) is 4.00. The Bertz CT molecular complexity index is 121. The Morgan fingerprint density at radius 1 is 1.11 bits per heavy atom. The van der Waals surface area contributed by atoms with Crippen molar-refractivity contribution >= 4 is 0 Å². The molecule has 0 saturated carbocycles. The molecule has 0 saturated heterocycles. The van der Waals surface area contributed by atoms with Crippen molar-refractivity contribution in [2.75, 3.05) is 14.1 Å². The van der Waals surface area contributed by atoms with Crippen LogP contribution in [0.3, 0.4) is 0 Å². The Balaban J connectivity index is 0.000000187. The molecule has 1 rings (SSSR count). The number of hydrogen-bond donors (Lipinski definition) is 1. The lowest BCUT2D eigenvalue weighted by Crippen LogP contribution is -1.89. The third-order valence-corrected chi connectivity index (χ3v) is 0.754. The maximum absolute atomic E-state index is 2.75. The third-order valence-electron chi connectivity index (χ3n) is 0.754. The molecule has 0 radical (unpaired) electrons. The van der Waals surface area contributed by atoms with Crippen LogP contribution in [0, 0.1) is 0 Å². The highest BCUT2D eigenvalue weighted by atomic mass is 14.9. The summed E-state index contributed by atoms with van der Waals surface area (Å²) in [6.45, 7) is 0. The molecule has 9 heavy (non-hydrogen) atoms. The number of nitrogens with zero attached hydrogens (tertiary/aromatic N) is 1. The second kappa shape index (κ2) is 5.38. The summed E-state index contributed by atoms with van der Waals surface area (Å²) in [4.78, 5) is 0. The highest BCUT2D eigenvalue weighted by molar-refractivity contribution is 4.88. The molecule has 0 spiro atoms. The molecule has 0 aromatic carbocycles. The molecule has 0 aliphatic carbocycles. The number of rotatable bonds is 0. The first-order valence-corrected chi connectivity index (χ1v) is 2.96. The van der Waals surface area contributed by atoms with Gasteiger partial charge in [-0.3, -0.25) is 0 Å². The van der Waals surface area contributed by atoms with Crippen LogP contribution in [0.2, 0.25) is 0 Å². The van der Waals surface area contributed by atoms with Crippen LogP contribution in [0.15, 0.2) is 24.5 Å². The van der Waals surface area contributed by atoms with Crippen molar-refractivity contribution in [3.8, 4) is 0 Å². The van der Waals surface area contributed by atoms with Gasteiger partial charge < -0.3 is 9.88 Å². The second-order valence-electron chi connectivity index (χ2n) is 1.85. The van der Waals surface area contributed by atoms with Gasteiger partial charge in [-0.25, -0.2) is 0 Å². The van der Waals surface area contributed by atoms with Gasteiger partial charge in [-0.2, -0.15) is 0 Å². The molecule has 1 aromatic heterocycles. The van der Waals surface area contributed by atoms with Gasteiger partial charge in [0, 0.05) is 19.4 Å². The summed E-state index contributed by atoms with van der Waals surface area (Å²) in [7, 11) is 5.75. The van der Waals surface area contributed by atoms with Crippen LogP contribution in [0.1, 0.15) is 0 Å². The van der Waals surface area contributed by atoms with Gasteiger partial charge in [0.1, 0.15) is 0 Å². The Kier molecular flexibility index (Phi) is 4.92. The largest absolute Gasteiger partial charge is 0.357 e. The van der Waals surface area contributed by atoms with E-state index in [0.717, 1.165) is 0 Å². The maximum Gasteiger partial charge on any atom is 0.0106 e. The van der Waals surface area contributed by atoms with Crippen LogP contribution in [-0.2, 0) is 7.05 Å². The summed E-state index contributed by atoms with van der Waals surface area (Å²) < 4.78 is 2.00. The second-order valence-corrected chi connectivity index (χ2v) is 1.85. The van der Waals surface area contributed by atoms with Crippen molar-refractivity contribution in [2.45, 2.75) is 0 Å². The molecule has 2 heteroatoms. The third kappa shape index (κ3) is 5.11. The van der Waals surface area contributed by atoms with Crippen molar-refractivity contribution in [2.24, 2.45) is 7.05 Å². The van der Waals surface area contributed by atoms with Crippen molar-refractivity contribution in [3.05, 3.63) is 24.5 Å². The van der Waals surface area contributed by atoms with E-state index in [1.54, 1.807) is 0 Å². The summed E-state index contributed by atoms with van der Waals surface area (Å²) in [5.41, 5.74) is 0. The molecule has 0 aliphatic heterocycles. The molecular weight excluding hydrogens is 112 g/mol. The summed E-state index contributed by atoms with van der Waals surface area (Å²) in [5.74, 6) is 0. The fraction of sp³-hybridized carbons (Fsp3) is 0.429. The first-order valence-electron chi connectivity index (χ1n) is 2.96. The predicted molar refractivity (Wildman–Crippen MR) is 40.4 cm³/mol. The van der Waals surface area contributed by atoms with Crippen LogP contribution >= 0.6 is 0 Å². The first-order chi connectivity index (χ1) is 4.31. The van der Waals surface area contributed by atoms with E-state index in [0.29, 0.717) is 0 Å². The standard InChI is InChI=1S/C5H7N.C2H7N/c1-6-4-2-3-5-6;1-3-2/h2-5H,1H3;3H,1-2H3. The van der Waals surface area contributed by atoms with E-state index in [1.165, 1.54) is 0 Å². The minimum atomic E-state index is 1.88. The van der Waals surface area contributed by atoms with Gasteiger partial charge in [-0.1, -0.05) is 0 Å². The molecule has 1 heterocycles. The summed E-state index contributed by atoms with van der Waals surface area (Å²) >= 11 is 0. The van der Waals surface area contributed by atoms with Gasteiger partial charge in [0.25, 0.3) is 0 Å². The van der Waals surface area contributed by atoms with Crippen LogP contribution in [-0.4, -0.2) is 18.7 Å². The minimum absolute atomic E-state index is 1.88. The number of aryl methyl sites for hydroxylation is 1. The Hall–Kier alpha value is -0.760. The Labute approximate surface area is 56.5 Å². The predicted octanol–water partition coefficient (Wildman–Crippen LogP) is 0.861. The van der Waals surface area contributed by atoms with E-state index in [-0.39, 0.29) is 0 Å². The van der Waals surface area contributed by atoms with Crippen LogP contribution < -0.4 is 5.32 Å². The fourth-order valence-corrected chi connectivity index (χ4v) is 0.421. The van der Waals surface area contributed by atoms with Crippen LogP contribution in [0.5, 0.6) is 0 Å². The number of aromatic nitrogens is 1. The van der Waals surface area contributed by atoms with Gasteiger partial charge in [0.15, 0.2) is 0 Å². The average molecular weight is 126 g/mol. The van der Waals surface area contributed by atoms with E-state index >= 15 is 0 Å². The van der Waals surface area contributed by atoms with Crippen molar-refractivity contribution < 1.29 is 0 Å². The topological polar surface area (TPSA) is 17.0 Å². The normalized spacial score (nSPS) is 7.89. The van der Waals surface area contributed by atoms with Crippen molar-refractivity contribution in [1.82, 2.24) is 9.88 Å². The van der Waals surface area contributed by atoms with E-state index in [4.69, 9.17) is 0 Å². The van der Waals surface area contributed by atoms with E-state index in [1.807, 2.05) is 50.2 Å². The van der Waals surface area contributed by atoms with Crippen molar-refractivity contribution in [3.63, 3.8) is 0 Å². The van der Waals surface area contributed by atoms with Crippen LogP contribution in [0.4, 0.5) is 0 Å². The van der Waals surface area contributed by atoms with Gasteiger partial charge in [0.2, 0.25) is 0 Å². The summed E-state index contributed by atoms with van der Waals surface area (Å²) in [5, 5.41) is 2.75. The lowest BCUT2D eigenvalue weighted by atomic mass is 10.7. The minimum Gasteiger partial charge on any atom is -0.357 e.